The lowest BCUT2D eigenvalue weighted by Gasteiger charge is -2.17. The molecule has 1 aliphatic heterocycles. The molecular formula is C11H17N3O. The molecule has 82 valence electrons. The highest BCUT2D eigenvalue weighted by Crippen LogP contribution is 2.19. The van der Waals surface area contributed by atoms with Crippen molar-refractivity contribution in [1.29, 1.82) is 0 Å². The SMILES string of the molecule is COC1CCN(c2cccc(CN)n2)C1. The van der Waals surface area contributed by atoms with Gasteiger partial charge in [-0.2, -0.15) is 0 Å². The third kappa shape index (κ3) is 2.27. The fourth-order valence-electron chi connectivity index (χ4n) is 1.89. The van der Waals surface area contributed by atoms with Crippen molar-refractivity contribution in [2.24, 2.45) is 5.73 Å². The number of nitrogens with two attached hydrogens (primary N) is 1. The summed E-state index contributed by atoms with van der Waals surface area (Å²) in [5.74, 6) is 1.01. The Morgan fingerprint density at radius 1 is 1.60 bits per heavy atom. The van der Waals surface area contributed by atoms with E-state index >= 15 is 0 Å². The molecule has 1 aliphatic rings. The van der Waals surface area contributed by atoms with Gasteiger partial charge in [0, 0.05) is 26.7 Å². The van der Waals surface area contributed by atoms with Crippen LogP contribution >= 0.6 is 0 Å². The molecule has 0 radical (unpaired) electrons. The molecule has 0 spiro atoms. The predicted octanol–water partition coefficient (Wildman–Crippen LogP) is 0.765. The minimum atomic E-state index is 0.341. The lowest BCUT2D eigenvalue weighted by molar-refractivity contribution is 0.121. The molecule has 0 aliphatic carbocycles. The van der Waals surface area contributed by atoms with Gasteiger partial charge in [-0.05, 0) is 18.6 Å². The Balaban J connectivity index is 2.09. The van der Waals surface area contributed by atoms with Gasteiger partial charge in [-0.1, -0.05) is 6.07 Å². The van der Waals surface area contributed by atoms with Gasteiger partial charge in [0.2, 0.25) is 0 Å². The zero-order chi connectivity index (χ0) is 10.7. The van der Waals surface area contributed by atoms with Crippen LogP contribution < -0.4 is 10.6 Å². The van der Waals surface area contributed by atoms with Gasteiger partial charge >= 0.3 is 0 Å². The molecule has 15 heavy (non-hydrogen) atoms. The van der Waals surface area contributed by atoms with Crippen molar-refractivity contribution < 1.29 is 4.74 Å². The lowest BCUT2D eigenvalue weighted by Crippen LogP contribution is -2.23. The summed E-state index contributed by atoms with van der Waals surface area (Å²) >= 11 is 0. The Kier molecular flexibility index (Phi) is 3.18. The van der Waals surface area contributed by atoms with E-state index in [9.17, 15) is 0 Å². The van der Waals surface area contributed by atoms with Crippen LogP contribution in [-0.2, 0) is 11.3 Å². The van der Waals surface area contributed by atoms with E-state index in [1.807, 2.05) is 18.2 Å². The molecule has 4 nitrogen and oxygen atoms in total. The Morgan fingerprint density at radius 3 is 3.13 bits per heavy atom. The Morgan fingerprint density at radius 2 is 2.47 bits per heavy atom. The van der Waals surface area contributed by atoms with Crippen LogP contribution in [0, 0.1) is 0 Å². The van der Waals surface area contributed by atoms with E-state index in [1.165, 1.54) is 0 Å². The molecule has 1 unspecified atom stereocenters. The molecule has 1 saturated heterocycles. The number of nitrogens with zero attached hydrogens (tertiary/aromatic N) is 2. The Hall–Kier alpha value is -1.13. The van der Waals surface area contributed by atoms with Crippen molar-refractivity contribution in [1.82, 2.24) is 4.98 Å². The van der Waals surface area contributed by atoms with E-state index in [4.69, 9.17) is 10.5 Å². The lowest BCUT2D eigenvalue weighted by atomic mass is 10.3. The van der Waals surface area contributed by atoms with Crippen LogP contribution in [0.1, 0.15) is 12.1 Å². The molecule has 1 fully saturated rings. The van der Waals surface area contributed by atoms with Gasteiger partial charge in [-0.3, -0.25) is 0 Å². The largest absolute Gasteiger partial charge is 0.380 e. The van der Waals surface area contributed by atoms with Gasteiger partial charge in [-0.15, -0.1) is 0 Å². The fourth-order valence-corrected chi connectivity index (χ4v) is 1.89. The summed E-state index contributed by atoms with van der Waals surface area (Å²) in [4.78, 5) is 6.73. The third-order valence-corrected chi connectivity index (χ3v) is 2.80. The zero-order valence-electron chi connectivity index (χ0n) is 9.02. The zero-order valence-corrected chi connectivity index (χ0v) is 9.02. The van der Waals surface area contributed by atoms with E-state index < -0.39 is 0 Å². The van der Waals surface area contributed by atoms with Crippen molar-refractivity contribution in [2.45, 2.75) is 19.1 Å². The fraction of sp³-hybridized carbons (Fsp3) is 0.545. The highest BCUT2D eigenvalue weighted by molar-refractivity contribution is 5.40. The molecular weight excluding hydrogens is 190 g/mol. The van der Waals surface area contributed by atoms with E-state index in [-0.39, 0.29) is 0 Å². The van der Waals surface area contributed by atoms with E-state index in [0.717, 1.165) is 31.0 Å². The van der Waals surface area contributed by atoms with Crippen molar-refractivity contribution >= 4 is 5.82 Å². The summed E-state index contributed by atoms with van der Waals surface area (Å²) < 4.78 is 5.33. The summed E-state index contributed by atoms with van der Waals surface area (Å²) in [7, 11) is 1.76. The van der Waals surface area contributed by atoms with Crippen LogP contribution in [0.25, 0.3) is 0 Å². The number of anilines is 1. The standard InChI is InChI=1S/C11H17N3O/c1-15-10-5-6-14(8-10)11-4-2-3-9(7-12)13-11/h2-4,10H,5-8,12H2,1H3. The van der Waals surface area contributed by atoms with Gasteiger partial charge in [0.15, 0.2) is 0 Å². The van der Waals surface area contributed by atoms with Crippen LogP contribution in [-0.4, -0.2) is 31.3 Å². The second kappa shape index (κ2) is 4.59. The van der Waals surface area contributed by atoms with Gasteiger partial charge in [0.25, 0.3) is 0 Å². The molecule has 1 aromatic rings. The number of ether oxygens (including phenoxy) is 1. The van der Waals surface area contributed by atoms with Gasteiger partial charge in [0.05, 0.1) is 11.8 Å². The summed E-state index contributed by atoms with van der Waals surface area (Å²) in [6.45, 7) is 2.44. The predicted molar refractivity (Wildman–Crippen MR) is 59.8 cm³/mol. The minimum absolute atomic E-state index is 0.341. The maximum Gasteiger partial charge on any atom is 0.128 e. The molecule has 1 aromatic heterocycles. The quantitative estimate of drug-likeness (QED) is 0.795. The van der Waals surface area contributed by atoms with Crippen LogP contribution in [0.4, 0.5) is 5.82 Å². The van der Waals surface area contributed by atoms with Crippen LogP contribution in [0.2, 0.25) is 0 Å². The van der Waals surface area contributed by atoms with Crippen molar-refractivity contribution in [2.75, 3.05) is 25.1 Å². The number of aromatic nitrogens is 1. The molecule has 0 aromatic carbocycles. The Labute approximate surface area is 90.0 Å². The summed E-state index contributed by atoms with van der Waals surface area (Å²) in [6.07, 6.45) is 1.42. The first kappa shape index (κ1) is 10.4. The van der Waals surface area contributed by atoms with Crippen LogP contribution in [0.5, 0.6) is 0 Å². The minimum Gasteiger partial charge on any atom is -0.380 e. The van der Waals surface area contributed by atoms with Crippen LogP contribution in [0.3, 0.4) is 0 Å². The number of hydrogen-bond donors (Lipinski definition) is 1. The van der Waals surface area contributed by atoms with Crippen molar-refractivity contribution in [3.63, 3.8) is 0 Å². The molecule has 0 saturated carbocycles. The van der Waals surface area contributed by atoms with Gasteiger partial charge in [-0.25, -0.2) is 4.98 Å². The molecule has 2 heterocycles. The number of hydrogen-bond acceptors (Lipinski definition) is 4. The maximum atomic E-state index is 5.57. The number of rotatable bonds is 3. The summed E-state index contributed by atoms with van der Waals surface area (Å²) in [5.41, 5.74) is 6.50. The molecule has 4 heteroatoms. The van der Waals surface area contributed by atoms with E-state index in [2.05, 4.69) is 9.88 Å². The Bertz CT molecular complexity index is 329. The smallest absolute Gasteiger partial charge is 0.128 e. The second-order valence-electron chi connectivity index (χ2n) is 3.78. The van der Waals surface area contributed by atoms with Crippen molar-refractivity contribution in [3.8, 4) is 0 Å². The summed E-state index contributed by atoms with van der Waals surface area (Å²) in [5, 5.41) is 0. The van der Waals surface area contributed by atoms with Gasteiger partial charge in [0.1, 0.15) is 5.82 Å². The highest BCUT2D eigenvalue weighted by Gasteiger charge is 2.22. The van der Waals surface area contributed by atoms with E-state index in [0.29, 0.717) is 12.6 Å². The first-order valence-corrected chi connectivity index (χ1v) is 5.27. The average molecular weight is 207 g/mol. The van der Waals surface area contributed by atoms with Crippen molar-refractivity contribution in [3.05, 3.63) is 23.9 Å². The molecule has 0 bridgehead atoms. The molecule has 1 atom stereocenters. The monoisotopic (exact) mass is 207 g/mol. The number of methoxy groups -OCH3 is 1. The third-order valence-electron chi connectivity index (χ3n) is 2.80. The number of pyridine rings is 1. The second-order valence-corrected chi connectivity index (χ2v) is 3.78. The van der Waals surface area contributed by atoms with Crippen LogP contribution in [0.15, 0.2) is 18.2 Å². The highest BCUT2D eigenvalue weighted by atomic mass is 16.5. The maximum absolute atomic E-state index is 5.57. The molecule has 2 rings (SSSR count). The first-order valence-electron chi connectivity index (χ1n) is 5.27. The van der Waals surface area contributed by atoms with Gasteiger partial charge < -0.3 is 15.4 Å². The average Bonchev–Trinajstić information content (AvgIpc) is 2.78. The topological polar surface area (TPSA) is 51.4 Å². The molecule has 0 amide bonds. The normalized spacial score (nSPS) is 20.9. The first-order chi connectivity index (χ1) is 7.33. The summed E-state index contributed by atoms with van der Waals surface area (Å²) in [6, 6.07) is 5.98. The molecule has 2 N–H and O–H groups in total. The van der Waals surface area contributed by atoms with E-state index in [1.54, 1.807) is 7.11 Å².